The van der Waals surface area contributed by atoms with Crippen molar-refractivity contribution in [1.82, 2.24) is 4.90 Å². The maximum absolute atomic E-state index is 10.5. The topological polar surface area (TPSA) is 23.5 Å². The molecule has 0 spiro atoms. The third-order valence-electron chi connectivity index (χ3n) is 2.93. The van der Waals surface area contributed by atoms with Crippen molar-refractivity contribution in [2.75, 3.05) is 20.1 Å². The maximum atomic E-state index is 10.5. The van der Waals surface area contributed by atoms with Crippen molar-refractivity contribution in [3.05, 3.63) is 20.8 Å². The average Bonchev–Trinajstić information content (AvgIpc) is 2.50. The molecule has 1 aromatic rings. The Bertz CT molecular complexity index is 341. The van der Waals surface area contributed by atoms with E-state index in [0.717, 1.165) is 36.8 Å². The van der Waals surface area contributed by atoms with Crippen LogP contribution in [-0.2, 0) is 6.42 Å². The van der Waals surface area contributed by atoms with E-state index >= 15 is 0 Å². The molecule has 2 rings (SSSR count). The Morgan fingerprint density at radius 2 is 2.47 bits per heavy atom. The summed E-state index contributed by atoms with van der Waals surface area (Å²) in [4.78, 5) is 3.47. The first-order valence-electron chi connectivity index (χ1n) is 5.22. The van der Waals surface area contributed by atoms with Gasteiger partial charge in [-0.1, -0.05) is 0 Å². The number of likely N-dealkylation sites (tertiary alicyclic amines) is 1. The molecule has 1 fully saturated rings. The van der Waals surface area contributed by atoms with Crippen molar-refractivity contribution in [2.24, 2.45) is 0 Å². The molecular formula is C11H16BrNOS. The Hall–Kier alpha value is 0.100. The van der Waals surface area contributed by atoms with Crippen LogP contribution in [0.3, 0.4) is 0 Å². The van der Waals surface area contributed by atoms with Gasteiger partial charge in [-0.05, 0) is 53.8 Å². The fourth-order valence-electron chi connectivity index (χ4n) is 2.23. The molecule has 15 heavy (non-hydrogen) atoms. The molecule has 2 nitrogen and oxygen atoms in total. The SMILES string of the molecule is CN1CCCC(O)(Cc2sccc2Br)C1. The molecule has 0 aliphatic carbocycles. The number of thiophene rings is 1. The van der Waals surface area contributed by atoms with E-state index in [1.807, 2.05) is 0 Å². The number of β-amino-alcohol motifs (C(OH)–C–C–N with tert-alkyl or cyclic N) is 1. The molecule has 0 radical (unpaired) electrons. The van der Waals surface area contributed by atoms with Crippen molar-refractivity contribution in [3.63, 3.8) is 0 Å². The minimum atomic E-state index is -0.527. The van der Waals surface area contributed by atoms with Crippen LogP contribution in [0.2, 0.25) is 0 Å². The normalized spacial score (nSPS) is 28.2. The van der Waals surface area contributed by atoms with Gasteiger partial charge >= 0.3 is 0 Å². The molecule has 1 aliphatic rings. The van der Waals surface area contributed by atoms with Gasteiger partial charge in [0.2, 0.25) is 0 Å². The molecule has 0 bridgehead atoms. The van der Waals surface area contributed by atoms with Gasteiger partial charge in [-0.2, -0.15) is 0 Å². The molecule has 0 amide bonds. The van der Waals surface area contributed by atoms with Gasteiger partial charge < -0.3 is 10.0 Å². The monoisotopic (exact) mass is 289 g/mol. The van der Waals surface area contributed by atoms with Crippen LogP contribution in [0.5, 0.6) is 0 Å². The van der Waals surface area contributed by atoms with E-state index in [1.54, 1.807) is 11.3 Å². The summed E-state index contributed by atoms with van der Waals surface area (Å²) in [5, 5.41) is 12.5. The highest BCUT2D eigenvalue weighted by molar-refractivity contribution is 9.10. The molecule has 1 aromatic heterocycles. The first-order valence-corrected chi connectivity index (χ1v) is 6.89. The van der Waals surface area contributed by atoms with Crippen molar-refractivity contribution < 1.29 is 5.11 Å². The fraction of sp³-hybridized carbons (Fsp3) is 0.636. The van der Waals surface area contributed by atoms with Crippen LogP contribution in [0.1, 0.15) is 17.7 Å². The van der Waals surface area contributed by atoms with Gasteiger partial charge in [0.1, 0.15) is 0 Å². The number of nitrogens with zero attached hydrogens (tertiary/aromatic N) is 1. The minimum absolute atomic E-state index is 0.527. The molecule has 1 atom stereocenters. The lowest BCUT2D eigenvalue weighted by Crippen LogP contribution is -2.47. The summed E-state index contributed by atoms with van der Waals surface area (Å²) in [6, 6.07) is 2.05. The summed E-state index contributed by atoms with van der Waals surface area (Å²) in [6.07, 6.45) is 2.78. The van der Waals surface area contributed by atoms with Crippen molar-refractivity contribution in [1.29, 1.82) is 0 Å². The quantitative estimate of drug-likeness (QED) is 0.904. The Labute approximate surface area is 103 Å². The smallest absolute Gasteiger partial charge is 0.0822 e. The van der Waals surface area contributed by atoms with Crippen LogP contribution in [0.4, 0.5) is 0 Å². The second-order valence-electron chi connectivity index (χ2n) is 4.43. The number of piperidine rings is 1. The van der Waals surface area contributed by atoms with E-state index in [1.165, 1.54) is 4.88 Å². The molecule has 1 saturated heterocycles. The van der Waals surface area contributed by atoms with Gasteiger partial charge in [0.25, 0.3) is 0 Å². The second kappa shape index (κ2) is 4.53. The Balaban J connectivity index is 2.07. The third-order valence-corrected chi connectivity index (χ3v) is 4.85. The largest absolute Gasteiger partial charge is 0.388 e. The average molecular weight is 290 g/mol. The number of hydrogen-bond donors (Lipinski definition) is 1. The summed E-state index contributed by atoms with van der Waals surface area (Å²) in [6.45, 7) is 1.89. The summed E-state index contributed by atoms with van der Waals surface area (Å²) in [5.74, 6) is 0. The van der Waals surface area contributed by atoms with Crippen LogP contribution in [0.15, 0.2) is 15.9 Å². The molecule has 1 N–H and O–H groups in total. The number of aliphatic hydroxyl groups is 1. The fourth-order valence-corrected chi connectivity index (χ4v) is 3.86. The van der Waals surface area contributed by atoms with E-state index in [-0.39, 0.29) is 0 Å². The van der Waals surface area contributed by atoms with Gasteiger partial charge in [-0.25, -0.2) is 0 Å². The Morgan fingerprint density at radius 3 is 3.07 bits per heavy atom. The van der Waals surface area contributed by atoms with Crippen LogP contribution >= 0.6 is 27.3 Å². The van der Waals surface area contributed by atoms with Crippen molar-refractivity contribution in [3.8, 4) is 0 Å². The first kappa shape index (κ1) is 11.6. The molecule has 1 aliphatic heterocycles. The van der Waals surface area contributed by atoms with Crippen LogP contribution in [0.25, 0.3) is 0 Å². The highest BCUT2D eigenvalue weighted by Gasteiger charge is 2.32. The highest BCUT2D eigenvalue weighted by atomic mass is 79.9. The van der Waals surface area contributed by atoms with Crippen LogP contribution < -0.4 is 0 Å². The number of rotatable bonds is 2. The van der Waals surface area contributed by atoms with E-state index in [2.05, 4.69) is 39.3 Å². The van der Waals surface area contributed by atoms with E-state index in [4.69, 9.17) is 0 Å². The predicted octanol–water partition coefficient (Wildman–Crippen LogP) is 2.51. The van der Waals surface area contributed by atoms with Crippen molar-refractivity contribution in [2.45, 2.75) is 24.9 Å². The zero-order valence-corrected chi connectivity index (χ0v) is 11.3. The van der Waals surface area contributed by atoms with E-state index < -0.39 is 5.60 Å². The summed E-state index contributed by atoms with van der Waals surface area (Å²) < 4.78 is 1.13. The van der Waals surface area contributed by atoms with Gasteiger partial charge in [0.15, 0.2) is 0 Å². The third kappa shape index (κ3) is 2.81. The molecular weight excluding hydrogens is 274 g/mol. The number of hydrogen-bond acceptors (Lipinski definition) is 3. The summed E-state index contributed by atoms with van der Waals surface area (Å²) in [7, 11) is 2.08. The predicted molar refractivity (Wildman–Crippen MR) is 67.4 cm³/mol. The first-order chi connectivity index (χ1) is 7.09. The number of likely N-dealkylation sites (N-methyl/N-ethyl adjacent to an activating group) is 1. The lowest BCUT2D eigenvalue weighted by Gasteiger charge is -2.37. The van der Waals surface area contributed by atoms with Crippen LogP contribution in [0, 0.1) is 0 Å². The molecule has 0 saturated carbocycles. The number of halogens is 1. The van der Waals surface area contributed by atoms with Gasteiger partial charge in [-0.3, -0.25) is 0 Å². The maximum Gasteiger partial charge on any atom is 0.0822 e. The molecule has 84 valence electrons. The molecule has 0 aromatic carbocycles. The Kier molecular flexibility index (Phi) is 3.50. The zero-order chi connectivity index (χ0) is 10.9. The van der Waals surface area contributed by atoms with Gasteiger partial charge in [0, 0.05) is 22.3 Å². The second-order valence-corrected chi connectivity index (χ2v) is 6.29. The standard InChI is InChI=1S/C11H16BrNOS/c1-13-5-2-4-11(14,8-13)7-10-9(12)3-6-15-10/h3,6,14H,2,4-5,7-8H2,1H3. The van der Waals surface area contributed by atoms with Crippen molar-refractivity contribution >= 4 is 27.3 Å². The van der Waals surface area contributed by atoms with Crippen LogP contribution in [-0.4, -0.2) is 35.7 Å². The van der Waals surface area contributed by atoms with E-state index in [9.17, 15) is 5.11 Å². The summed E-state index contributed by atoms with van der Waals surface area (Å²) >= 11 is 5.24. The lowest BCUT2D eigenvalue weighted by molar-refractivity contribution is -0.0219. The van der Waals surface area contributed by atoms with Gasteiger partial charge in [0.05, 0.1) is 5.60 Å². The molecule has 1 unspecified atom stereocenters. The highest BCUT2D eigenvalue weighted by Crippen LogP contribution is 2.31. The van der Waals surface area contributed by atoms with Gasteiger partial charge in [-0.15, -0.1) is 11.3 Å². The minimum Gasteiger partial charge on any atom is -0.388 e. The molecule has 2 heterocycles. The van der Waals surface area contributed by atoms with E-state index in [0.29, 0.717) is 0 Å². The summed E-state index contributed by atoms with van der Waals surface area (Å²) in [5.41, 5.74) is -0.527. The lowest BCUT2D eigenvalue weighted by atomic mass is 9.89. The zero-order valence-electron chi connectivity index (χ0n) is 8.87. The Morgan fingerprint density at radius 1 is 1.67 bits per heavy atom. The molecule has 4 heteroatoms.